The molecular formula is C16H19BN2O6. The van der Waals surface area contributed by atoms with E-state index in [9.17, 15) is 14.6 Å². The molecule has 8 nitrogen and oxygen atoms in total. The van der Waals surface area contributed by atoms with Gasteiger partial charge in [-0.3, -0.25) is 9.79 Å². The van der Waals surface area contributed by atoms with Crippen molar-refractivity contribution in [3.05, 3.63) is 41.3 Å². The van der Waals surface area contributed by atoms with Crippen molar-refractivity contribution >= 4 is 25.7 Å². The second-order valence-corrected chi connectivity index (χ2v) is 5.49. The Labute approximate surface area is 145 Å². The first kappa shape index (κ1) is 18.5. The number of carboxylic acids is 1. The summed E-state index contributed by atoms with van der Waals surface area (Å²) in [4.78, 5) is 27.0. The molecule has 0 fully saturated rings. The molecule has 1 atom stereocenters. The molecule has 1 aliphatic heterocycles. The first-order valence-corrected chi connectivity index (χ1v) is 7.64. The number of benzene rings is 1. The SMILES string of the molecule is C=N/C(=C\OC)CCC(=O)N[C@H]1Cc2cccc(C(=O)O)c2OB1O. The minimum atomic E-state index is -1.33. The molecule has 1 aromatic rings. The molecule has 0 radical (unpaired) electrons. The summed E-state index contributed by atoms with van der Waals surface area (Å²) in [6.45, 7) is 3.39. The lowest BCUT2D eigenvalue weighted by Crippen LogP contribution is -2.53. The number of ether oxygens (including phenoxy) is 1. The van der Waals surface area contributed by atoms with E-state index in [1.165, 1.54) is 19.4 Å². The molecule has 0 aromatic heterocycles. The number of nitrogens with one attached hydrogen (secondary N) is 1. The van der Waals surface area contributed by atoms with Gasteiger partial charge in [0.05, 0.1) is 24.3 Å². The first-order valence-electron chi connectivity index (χ1n) is 7.64. The van der Waals surface area contributed by atoms with Gasteiger partial charge in [0.15, 0.2) is 0 Å². The lowest BCUT2D eigenvalue weighted by Gasteiger charge is -2.28. The maximum atomic E-state index is 12.1. The van der Waals surface area contributed by atoms with E-state index in [0.29, 0.717) is 17.7 Å². The Kier molecular flexibility index (Phi) is 6.18. The monoisotopic (exact) mass is 346 g/mol. The number of para-hydroxylation sites is 1. The smallest absolute Gasteiger partial charge is 0.534 e. The van der Waals surface area contributed by atoms with Gasteiger partial charge in [0, 0.05) is 12.8 Å². The van der Waals surface area contributed by atoms with Gasteiger partial charge in [-0.05, 0) is 24.8 Å². The van der Waals surface area contributed by atoms with Crippen LogP contribution >= 0.6 is 0 Å². The average Bonchev–Trinajstić information content (AvgIpc) is 2.58. The zero-order valence-corrected chi connectivity index (χ0v) is 13.8. The molecule has 1 heterocycles. The van der Waals surface area contributed by atoms with Crippen molar-refractivity contribution in [2.45, 2.75) is 25.2 Å². The van der Waals surface area contributed by atoms with Crippen LogP contribution in [-0.4, -0.2) is 48.9 Å². The first-order chi connectivity index (χ1) is 12.0. The lowest BCUT2D eigenvalue weighted by molar-refractivity contribution is -0.121. The van der Waals surface area contributed by atoms with Gasteiger partial charge in [-0.15, -0.1) is 0 Å². The largest absolute Gasteiger partial charge is 0.547 e. The molecule has 0 aliphatic carbocycles. The van der Waals surface area contributed by atoms with Gasteiger partial charge in [-0.2, -0.15) is 0 Å². The van der Waals surface area contributed by atoms with Gasteiger partial charge in [-0.1, -0.05) is 12.1 Å². The molecule has 3 N–H and O–H groups in total. The molecule has 0 unspecified atom stereocenters. The fourth-order valence-corrected chi connectivity index (χ4v) is 2.55. The molecule has 132 valence electrons. The van der Waals surface area contributed by atoms with Gasteiger partial charge in [-0.25, -0.2) is 4.79 Å². The number of nitrogens with zero attached hydrogens (tertiary/aromatic N) is 1. The summed E-state index contributed by atoms with van der Waals surface area (Å²) in [7, 11) is 0.146. The second kappa shape index (κ2) is 8.34. The summed E-state index contributed by atoms with van der Waals surface area (Å²) in [5.74, 6) is -1.97. The maximum Gasteiger partial charge on any atom is 0.547 e. The number of carbonyl (C=O) groups is 2. The van der Waals surface area contributed by atoms with E-state index in [1.54, 1.807) is 12.1 Å². The summed E-state index contributed by atoms with van der Waals surface area (Å²) in [6, 6.07) is 4.70. The molecule has 0 saturated heterocycles. The number of amides is 1. The van der Waals surface area contributed by atoms with Gasteiger partial charge in [0.1, 0.15) is 12.0 Å². The number of allylic oxidation sites excluding steroid dienone is 1. The highest BCUT2D eigenvalue weighted by atomic mass is 16.5. The molecule has 25 heavy (non-hydrogen) atoms. The number of carbonyl (C=O) groups excluding carboxylic acids is 1. The van der Waals surface area contributed by atoms with Crippen LogP contribution in [-0.2, 0) is 16.0 Å². The zero-order valence-electron chi connectivity index (χ0n) is 13.8. The Morgan fingerprint density at radius 2 is 2.28 bits per heavy atom. The van der Waals surface area contributed by atoms with Crippen molar-refractivity contribution in [2.75, 3.05) is 7.11 Å². The molecule has 0 saturated carbocycles. The topological polar surface area (TPSA) is 117 Å². The molecule has 0 spiro atoms. The molecule has 0 bridgehead atoms. The van der Waals surface area contributed by atoms with Gasteiger partial charge >= 0.3 is 13.1 Å². The Hall–Kier alpha value is -2.81. The predicted octanol–water partition coefficient (Wildman–Crippen LogP) is 0.793. The summed E-state index contributed by atoms with van der Waals surface area (Å²) >= 11 is 0. The van der Waals surface area contributed by atoms with Crippen LogP contribution in [0.15, 0.2) is 35.2 Å². The number of hydrogen-bond acceptors (Lipinski definition) is 6. The van der Waals surface area contributed by atoms with Crippen LogP contribution in [0, 0.1) is 0 Å². The van der Waals surface area contributed by atoms with Gasteiger partial charge < -0.3 is 24.8 Å². The highest BCUT2D eigenvalue weighted by molar-refractivity contribution is 6.47. The van der Waals surface area contributed by atoms with Crippen LogP contribution in [0.1, 0.15) is 28.8 Å². The number of methoxy groups -OCH3 is 1. The Morgan fingerprint density at radius 3 is 2.92 bits per heavy atom. The molecular weight excluding hydrogens is 327 g/mol. The van der Waals surface area contributed by atoms with E-state index in [0.717, 1.165) is 0 Å². The molecule has 9 heteroatoms. The average molecular weight is 346 g/mol. The number of aromatic carboxylic acids is 1. The van der Waals surface area contributed by atoms with E-state index in [-0.39, 0.29) is 30.1 Å². The minimum absolute atomic E-state index is 0.0206. The quantitative estimate of drug-likeness (QED) is 0.382. The van der Waals surface area contributed by atoms with Crippen molar-refractivity contribution in [3.63, 3.8) is 0 Å². The van der Waals surface area contributed by atoms with Crippen LogP contribution in [0.5, 0.6) is 5.75 Å². The number of fused-ring (bicyclic) bond motifs is 1. The van der Waals surface area contributed by atoms with Gasteiger partial charge in [0.2, 0.25) is 5.91 Å². The van der Waals surface area contributed by atoms with E-state index in [1.807, 2.05) is 0 Å². The Balaban J connectivity index is 2.01. The number of aliphatic imine (C=N–C) groups is 1. The number of hydrogen-bond donors (Lipinski definition) is 3. The number of carboxylic acid groups (broad SMARTS) is 1. The van der Waals surface area contributed by atoms with Crippen LogP contribution in [0.3, 0.4) is 0 Å². The van der Waals surface area contributed by atoms with E-state index in [2.05, 4.69) is 17.0 Å². The zero-order chi connectivity index (χ0) is 18.4. The van der Waals surface area contributed by atoms with E-state index < -0.39 is 19.0 Å². The second-order valence-electron chi connectivity index (χ2n) is 5.49. The number of rotatable bonds is 7. The molecule has 1 aromatic carbocycles. The van der Waals surface area contributed by atoms with Crippen molar-refractivity contribution in [1.82, 2.24) is 5.32 Å². The summed E-state index contributed by atoms with van der Waals surface area (Å²) in [6.07, 6.45) is 2.15. The fourth-order valence-electron chi connectivity index (χ4n) is 2.55. The summed E-state index contributed by atoms with van der Waals surface area (Å²) < 4.78 is 10.2. The summed E-state index contributed by atoms with van der Waals surface area (Å²) in [5, 5.41) is 21.9. The van der Waals surface area contributed by atoms with Gasteiger partial charge in [0.25, 0.3) is 0 Å². The van der Waals surface area contributed by atoms with Crippen LogP contribution in [0.4, 0.5) is 0 Å². The van der Waals surface area contributed by atoms with E-state index in [4.69, 9.17) is 14.5 Å². The third kappa shape index (κ3) is 4.60. The molecule has 1 aliphatic rings. The van der Waals surface area contributed by atoms with Crippen LogP contribution < -0.4 is 9.97 Å². The van der Waals surface area contributed by atoms with Crippen molar-refractivity contribution < 1.29 is 29.1 Å². The highest BCUT2D eigenvalue weighted by Gasteiger charge is 2.37. The summed E-state index contributed by atoms with van der Waals surface area (Å²) in [5.41, 5.74) is 1.13. The predicted molar refractivity (Wildman–Crippen MR) is 91.5 cm³/mol. The van der Waals surface area contributed by atoms with Crippen molar-refractivity contribution in [2.24, 2.45) is 4.99 Å². The van der Waals surface area contributed by atoms with Crippen LogP contribution in [0.25, 0.3) is 0 Å². The fraction of sp³-hybridized carbons (Fsp3) is 0.312. The third-order valence-corrected chi connectivity index (χ3v) is 3.76. The minimum Gasteiger partial charge on any atom is -0.534 e. The lowest BCUT2D eigenvalue weighted by atomic mass is 9.72. The molecule has 1 amide bonds. The molecule has 2 rings (SSSR count). The third-order valence-electron chi connectivity index (χ3n) is 3.76. The normalized spacial score (nSPS) is 16.5. The highest BCUT2D eigenvalue weighted by Crippen LogP contribution is 2.30. The Bertz CT molecular complexity index is 706. The maximum absolute atomic E-state index is 12.1. The van der Waals surface area contributed by atoms with Crippen molar-refractivity contribution in [3.8, 4) is 5.75 Å². The van der Waals surface area contributed by atoms with Crippen molar-refractivity contribution in [1.29, 1.82) is 0 Å². The van der Waals surface area contributed by atoms with Crippen LogP contribution in [0.2, 0.25) is 0 Å². The van der Waals surface area contributed by atoms with E-state index >= 15 is 0 Å². The standard InChI is InChI=1S/C16H19BN2O6/c1-18-11(9-24-2)6-7-14(20)19-13-8-10-4-3-5-12(16(21)22)15(10)25-17(13)23/h3-5,9,13,23H,1,6-8H2,2H3,(H,19,20)(H,21,22)/b11-9-/t13-/m0/s1. The Morgan fingerprint density at radius 1 is 1.52 bits per heavy atom.